The highest BCUT2D eigenvalue weighted by Crippen LogP contribution is 2.33. The van der Waals surface area contributed by atoms with Gasteiger partial charge in [-0.3, -0.25) is 9.78 Å². The Morgan fingerprint density at radius 2 is 1.77 bits per heavy atom. The Morgan fingerprint density at radius 3 is 2.40 bits per heavy atom. The van der Waals surface area contributed by atoms with Crippen molar-refractivity contribution in [3.8, 4) is 11.4 Å². The van der Waals surface area contributed by atoms with Gasteiger partial charge in [-0.2, -0.15) is 0 Å². The third-order valence-corrected chi connectivity index (χ3v) is 6.66. The first-order valence-corrected chi connectivity index (χ1v) is 11.5. The summed E-state index contributed by atoms with van der Waals surface area (Å²) in [5.74, 6) is 2.34. The summed E-state index contributed by atoms with van der Waals surface area (Å²) in [6.07, 6.45) is 10.3. The third-order valence-electron chi connectivity index (χ3n) is 6.66. The molecule has 2 aromatic rings. The molecule has 0 N–H and O–H groups in total. The summed E-state index contributed by atoms with van der Waals surface area (Å²) >= 11 is 0. The zero-order valence-electron chi connectivity index (χ0n) is 18.0. The van der Waals surface area contributed by atoms with E-state index in [1.807, 2.05) is 30.3 Å². The Morgan fingerprint density at radius 1 is 0.967 bits per heavy atom. The van der Waals surface area contributed by atoms with Crippen LogP contribution in [-0.4, -0.2) is 52.2 Å². The Kier molecular flexibility index (Phi) is 6.92. The predicted molar refractivity (Wildman–Crippen MR) is 119 cm³/mol. The van der Waals surface area contributed by atoms with E-state index in [0.717, 1.165) is 62.1 Å². The van der Waals surface area contributed by atoms with Gasteiger partial charge in [0.05, 0.1) is 5.69 Å². The van der Waals surface area contributed by atoms with Crippen LogP contribution in [0.25, 0.3) is 11.4 Å². The molecule has 1 saturated carbocycles. The van der Waals surface area contributed by atoms with E-state index in [4.69, 9.17) is 0 Å². The summed E-state index contributed by atoms with van der Waals surface area (Å²) in [5, 5.41) is 8.75. The molecule has 0 spiro atoms. The average Bonchev–Trinajstić information content (AvgIpc) is 2.83. The lowest BCUT2D eigenvalue weighted by molar-refractivity contribution is -0.137. The van der Waals surface area contributed by atoms with Crippen LogP contribution in [0.15, 0.2) is 36.5 Å². The van der Waals surface area contributed by atoms with Crippen LogP contribution >= 0.6 is 0 Å². The molecule has 6 nitrogen and oxygen atoms in total. The molecule has 0 radical (unpaired) electrons. The second-order valence-electron chi connectivity index (χ2n) is 8.66. The smallest absolute Gasteiger partial charge is 0.225 e. The number of pyridine rings is 1. The molecular formula is C24H33N5O. The average molecular weight is 408 g/mol. The van der Waals surface area contributed by atoms with Gasteiger partial charge in [-0.05, 0) is 55.9 Å². The summed E-state index contributed by atoms with van der Waals surface area (Å²) in [6.45, 7) is 5.44. The minimum atomic E-state index is 0.242. The number of amides is 1. The molecule has 1 aliphatic carbocycles. The third kappa shape index (κ3) is 4.97. The standard InChI is InChI=1S/C24H33N5O/c1-2-3-6-19-8-10-20(11-9-19)24(30)29-17-15-28(16-18-29)23-13-12-22(26-27-23)21-7-4-5-14-25-21/h4-5,7,12-14,19-20H,2-3,6,8-11,15-18H2,1H3. The van der Waals surface area contributed by atoms with Gasteiger partial charge in [0.15, 0.2) is 5.82 Å². The fourth-order valence-corrected chi connectivity index (χ4v) is 4.75. The van der Waals surface area contributed by atoms with Crippen LogP contribution < -0.4 is 4.90 Å². The first-order chi connectivity index (χ1) is 14.7. The largest absolute Gasteiger partial charge is 0.352 e. The van der Waals surface area contributed by atoms with Crippen molar-refractivity contribution < 1.29 is 4.79 Å². The lowest BCUT2D eigenvalue weighted by Crippen LogP contribution is -2.51. The Labute approximate surface area is 179 Å². The molecule has 4 rings (SSSR count). The number of hydrogen-bond acceptors (Lipinski definition) is 5. The van der Waals surface area contributed by atoms with Gasteiger partial charge in [0, 0.05) is 38.3 Å². The van der Waals surface area contributed by atoms with Crippen LogP contribution in [0.5, 0.6) is 0 Å². The molecule has 30 heavy (non-hydrogen) atoms. The van der Waals surface area contributed by atoms with Crippen LogP contribution in [0.1, 0.15) is 51.9 Å². The lowest BCUT2D eigenvalue weighted by atomic mass is 9.79. The van der Waals surface area contributed by atoms with Crippen molar-refractivity contribution in [2.24, 2.45) is 11.8 Å². The van der Waals surface area contributed by atoms with Gasteiger partial charge in [-0.15, -0.1) is 10.2 Å². The highest BCUT2D eigenvalue weighted by atomic mass is 16.2. The molecule has 1 amide bonds. The van der Waals surface area contributed by atoms with Crippen LogP contribution in [0.4, 0.5) is 5.82 Å². The molecule has 0 bridgehead atoms. The van der Waals surface area contributed by atoms with Crippen LogP contribution in [-0.2, 0) is 4.79 Å². The molecule has 6 heteroatoms. The van der Waals surface area contributed by atoms with Crippen molar-refractivity contribution in [1.29, 1.82) is 0 Å². The van der Waals surface area contributed by atoms with Gasteiger partial charge in [-0.1, -0.05) is 32.3 Å². The van der Waals surface area contributed by atoms with Crippen molar-refractivity contribution >= 4 is 11.7 Å². The van der Waals surface area contributed by atoms with Gasteiger partial charge in [0.2, 0.25) is 5.91 Å². The predicted octanol–water partition coefficient (Wildman–Crippen LogP) is 4.18. The van der Waals surface area contributed by atoms with Crippen molar-refractivity contribution in [3.63, 3.8) is 0 Å². The molecule has 0 aromatic carbocycles. The lowest BCUT2D eigenvalue weighted by Gasteiger charge is -2.38. The molecule has 0 unspecified atom stereocenters. The number of hydrogen-bond donors (Lipinski definition) is 0. The maximum atomic E-state index is 13.0. The topological polar surface area (TPSA) is 62.2 Å². The quantitative estimate of drug-likeness (QED) is 0.719. The van der Waals surface area contributed by atoms with E-state index in [2.05, 4.69) is 31.9 Å². The number of carbonyl (C=O) groups excluding carboxylic acids is 1. The molecular weight excluding hydrogens is 374 g/mol. The normalized spacial score (nSPS) is 22.2. The maximum Gasteiger partial charge on any atom is 0.225 e. The highest BCUT2D eigenvalue weighted by molar-refractivity contribution is 5.79. The van der Waals surface area contributed by atoms with Crippen molar-refractivity contribution in [3.05, 3.63) is 36.5 Å². The zero-order valence-corrected chi connectivity index (χ0v) is 18.0. The number of rotatable bonds is 6. The fourth-order valence-electron chi connectivity index (χ4n) is 4.75. The van der Waals surface area contributed by atoms with Gasteiger partial charge in [0.1, 0.15) is 5.69 Å². The van der Waals surface area contributed by atoms with Gasteiger partial charge in [0.25, 0.3) is 0 Å². The molecule has 1 aliphatic heterocycles. The molecule has 3 heterocycles. The summed E-state index contributed by atoms with van der Waals surface area (Å²) in [5.41, 5.74) is 1.61. The van der Waals surface area contributed by atoms with Gasteiger partial charge < -0.3 is 9.80 Å². The molecule has 0 atom stereocenters. The van der Waals surface area contributed by atoms with E-state index in [1.165, 1.54) is 32.1 Å². The Balaban J connectivity index is 1.26. The summed E-state index contributed by atoms with van der Waals surface area (Å²) in [7, 11) is 0. The van der Waals surface area contributed by atoms with E-state index in [0.29, 0.717) is 5.91 Å². The van der Waals surface area contributed by atoms with Crippen molar-refractivity contribution in [2.75, 3.05) is 31.1 Å². The van der Waals surface area contributed by atoms with Crippen molar-refractivity contribution in [1.82, 2.24) is 20.1 Å². The van der Waals surface area contributed by atoms with E-state index in [9.17, 15) is 4.79 Å². The molecule has 2 fully saturated rings. The first-order valence-electron chi connectivity index (χ1n) is 11.5. The van der Waals surface area contributed by atoms with Gasteiger partial charge >= 0.3 is 0 Å². The SMILES string of the molecule is CCCCC1CCC(C(=O)N2CCN(c3ccc(-c4ccccn4)nn3)CC2)CC1. The monoisotopic (exact) mass is 407 g/mol. The molecule has 2 aromatic heterocycles. The van der Waals surface area contributed by atoms with E-state index in [-0.39, 0.29) is 5.92 Å². The summed E-state index contributed by atoms with van der Waals surface area (Å²) in [4.78, 5) is 21.6. The molecule has 160 valence electrons. The minimum absolute atomic E-state index is 0.242. The van der Waals surface area contributed by atoms with E-state index >= 15 is 0 Å². The van der Waals surface area contributed by atoms with Crippen LogP contribution in [0, 0.1) is 11.8 Å². The minimum Gasteiger partial charge on any atom is -0.352 e. The Hall–Kier alpha value is -2.50. The van der Waals surface area contributed by atoms with Crippen molar-refractivity contribution in [2.45, 2.75) is 51.9 Å². The summed E-state index contributed by atoms with van der Waals surface area (Å²) < 4.78 is 0. The van der Waals surface area contributed by atoms with Crippen LogP contribution in [0.3, 0.4) is 0 Å². The second kappa shape index (κ2) is 10.0. The Bertz CT molecular complexity index is 794. The number of nitrogens with zero attached hydrogens (tertiary/aromatic N) is 5. The maximum absolute atomic E-state index is 13.0. The highest BCUT2D eigenvalue weighted by Gasteiger charge is 2.31. The molecule has 1 saturated heterocycles. The summed E-state index contributed by atoms with van der Waals surface area (Å²) in [6, 6.07) is 9.76. The van der Waals surface area contributed by atoms with E-state index in [1.54, 1.807) is 6.20 Å². The van der Waals surface area contributed by atoms with E-state index < -0.39 is 0 Å². The number of anilines is 1. The zero-order chi connectivity index (χ0) is 20.8. The number of aromatic nitrogens is 3. The van der Waals surface area contributed by atoms with Gasteiger partial charge in [-0.25, -0.2) is 0 Å². The van der Waals surface area contributed by atoms with Crippen LogP contribution in [0.2, 0.25) is 0 Å². The second-order valence-corrected chi connectivity index (χ2v) is 8.66. The number of piperazine rings is 1. The fraction of sp³-hybridized carbons (Fsp3) is 0.583. The first kappa shape index (κ1) is 20.8. The number of unbranched alkanes of at least 4 members (excludes halogenated alkanes) is 1. The number of carbonyl (C=O) groups is 1. The molecule has 2 aliphatic rings.